The van der Waals surface area contributed by atoms with E-state index in [1.54, 1.807) is 7.11 Å². The molecule has 1 atom stereocenters. The lowest BCUT2D eigenvalue weighted by Crippen LogP contribution is -2.35. The van der Waals surface area contributed by atoms with E-state index in [2.05, 4.69) is 10.3 Å². The normalized spacial score (nSPS) is 12.6. The number of nitrogens with one attached hydrogen (secondary N) is 2. The van der Waals surface area contributed by atoms with Crippen LogP contribution in [0.15, 0.2) is 24.4 Å². The molecule has 21 heavy (non-hydrogen) atoms. The van der Waals surface area contributed by atoms with Crippen molar-refractivity contribution in [1.29, 1.82) is 0 Å². The maximum absolute atomic E-state index is 12.0. The third kappa shape index (κ3) is 3.55. The number of aliphatic hydroxyl groups is 1. The lowest BCUT2D eigenvalue weighted by atomic mass is 10.1. The molecule has 0 aliphatic heterocycles. The maximum atomic E-state index is 12.0. The molecule has 0 aliphatic carbocycles. The Labute approximate surface area is 124 Å². The Bertz CT molecular complexity index is 619. The van der Waals surface area contributed by atoms with Crippen molar-refractivity contribution in [3.63, 3.8) is 0 Å². The Morgan fingerprint density at radius 2 is 2.19 bits per heavy atom. The second-order valence-corrected chi connectivity index (χ2v) is 5.49. The lowest BCUT2D eigenvalue weighted by molar-refractivity contribution is -0.121. The van der Waals surface area contributed by atoms with Gasteiger partial charge in [0.15, 0.2) is 0 Å². The molecule has 3 N–H and O–H groups in total. The maximum Gasteiger partial charge on any atom is 0.224 e. The predicted octanol–water partition coefficient (Wildman–Crippen LogP) is 1.85. The van der Waals surface area contributed by atoms with Gasteiger partial charge in [0, 0.05) is 23.6 Å². The fourth-order valence-corrected chi connectivity index (χ4v) is 2.22. The van der Waals surface area contributed by atoms with Gasteiger partial charge in [0.2, 0.25) is 5.91 Å². The number of hydrogen-bond acceptors (Lipinski definition) is 3. The quantitative estimate of drug-likeness (QED) is 0.760. The molecule has 1 aromatic heterocycles. The van der Waals surface area contributed by atoms with E-state index in [0.29, 0.717) is 0 Å². The standard InChI is InChI=1S/C16H22N2O3/c1-10(2)13(19)9-18-15(20)7-11-8-17-12-5-4-6-14(21-3)16(11)12/h4-6,8,10,13,17,19H,7,9H2,1-3H3,(H,18,20). The molecule has 1 heterocycles. The van der Waals surface area contributed by atoms with Crippen molar-refractivity contribution < 1.29 is 14.6 Å². The average molecular weight is 290 g/mol. The van der Waals surface area contributed by atoms with Crippen LogP contribution in [0.5, 0.6) is 5.75 Å². The number of carbonyl (C=O) groups is 1. The Morgan fingerprint density at radius 3 is 2.86 bits per heavy atom. The summed E-state index contributed by atoms with van der Waals surface area (Å²) in [4.78, 5) is 15.1. The number of methoxy groups -OCH3 is 1. The van der Waals surface area contributed by atoms with Crippen molar-refractivity contribution in [2.75, 3.05) is 13.7 Å². The average Bonchev–Trinajstić information content (AvgIpc) is 2.87. The molecule has 5 nitrogen and oxygen atoms in total. The van der Waals surface area contributed by atoms with Crippen LogP contribution in [-0.4, -0.2) is 35.8 Å². The van der Waals surface area contributed by atoms with Crippen LogP contribution in [0.2, 0.25) is 0 Å². The number of amides is 1. The van der Waals surface area contributed by atoms with Crippen LogP contribution >= 0.6 is 0 Å². The van der Waals surface area contributed by atoms with Crippen LogP contribution < -0.4 is 10.1 Å². The van der Waals surface area contributed by atoms with Gasteiger partial charge in [-0.05, 0) is 23.6 Å². The van der Waals surface area contributed by atoms with Gasteiger partial charge in [-0.3, -0.25) is 4.79 Å². The number of rotatable bonds is 6. The molecule has 0 aliphatic rings. The number of fused-ring (bicyclic) bond motifs is 1. The molecule has 114 valence electrons. The van der Waals surface area contributed by atoms with Crippen LogP contribution in [0, 0.1) is 5.92 Å². The number of aliphatic hydroxyl groups excluding tert-OH is 1. The van der Waals surface area contributed by atoms with Crippen molar-refractivity contribution in [3.05, 3.63) is 30.0 Å². The first kappa shape index (κ1) is 15.4. The third-order valence-electron chi connectivity index (χ3n) is 3.60. The smallest absolute Gasteiger partial charge is 0.224 e. The summed E-state index contributed by atoms with van der Waals surface area (Å²) in [6, 6.07) is 5.72. The molecule has 1 amide bonds. The van der Waals surface area contributed by atoms with Gasteiger partial charge in [-0.25, -0.2) is 0 Å². The van der Waals surface area contributed by atoms with E-state index in [1.165, 1.54) is 0 Å². The van der Waals surface area contributed by atoms with Crippen molar-refractivity contribution in [3.8, 4) is 5.75 Å². The van der Waals surface area contributed by atoms with Crippen molar-refractivity contribution in [2.24, 2.45) is 5.92 Å². The molecule has 2 rings (SSSR count). The van der Waals surface area contributed by atoms with Gasteiger partial charge in [-0.15, -0.1) is 0 Å². The number of hydrogen-bond donors (Lipinski definition) is 3. The van der Waals surface area contributed by atoms with E-state index >= 15 is 0 Å². The SMILES string of the molecule is COc1cccc2[nH]cc(CC(=O)NCC(O)C(C)C)c12. The summed E-state index contributed by atoms with van der Waals surface area (Å²) < 4.78 is 5.35. The molecule has 0 bridgehead atoms. The van der Waals surface area contributed by atoms with Crippen LogP contribution in [0.4, 0.5) is 0 Å². The van der Waals surface area contributed by atoms with Crippen molar-refractivity contribution in [1.82, 2.24) is 10.3 Å². The van der Waals surface area contributed by atoms with E-state index in [1.807, 2.05) is 38.2 Å². The highest BCUT2D eigenvalue weighted by Crippen LogP contribution is 2.28. The zero-order chi connectivity index (χ0) is 15.4. The topological polar surface area (TPSA) is 74.4 Å². The number of aromatic nitrogens is 1. The zero-order valence-corrected chi connectivity index (χ0v) is 12.6. The van der Waals surface area contributed by atoms with E-state index < -0.39 is 6.10 Å². The number of ether oxygens (including phenoxy) is 1. The lowest BCUT2D eigenvalue weighted by Gasteiger charge is -2.15. The molecular weight excluding hydrogens is 268 g/mol. The van der Waals surface area contributed by atoms with E-state index in [4.69, 9.17) is 4.74 Å². The fraction of sp³-hybridized carbons (Fsp3) is 0.438. The first-order chi connectivity index (χ1) is 10.0. The molecule has 1 unspecified atom stereocenters. The van der Waals surface area contributed by atoms with Crippen LogP contribution in [0.25, 0.3) is 10.9 Å². The van der Waals surface area contributed by atoms with Gasteiger partial charge in [0.25, 0.3) is 0 Å². The molecule has 0 radical (unpaired) electrons. The van der Waals surface area contributed by atoms with Gasteiger partial charge < -0.3 is 20.1 Å². The fourth-order valence-electron chi connectivity index (χ4n) is 2.22. The van der Waals surface area contributed by atoms with Gasteiger partial charge in [0.1, 0.15) is 5.75 Å². The summed E-state index contributed by atoms with van der Waals surface area (Å²) in [5.74, 6) is 0.763. The third-order valence-corrected chi connectivity index (χ3v) is 3.60. The highest BCUT2D eigenvalue weighted by molar-refractivity contribution is 5.93. The van der Waals surface area contributed by atoms with Gasteiger partial charge in [-0.1, -0.05) is 19.9 Å². The first-order valence-electron chi connectivity index (χ1n) is 7.10. The number of carbonyl (C=O) groups excluding carboxylic acids is 1. The van der Waals surface area contributed by atoms with E-state index in [0.717, 1.165) is 22.2 Å². The second-order valence-electron chi connectivity index (χ2n) is 5.49. The summed E-state index contributed by atoms with van der Waals surface area (Å²) in [6.07, 6.45) is 1.56. The Balaban J connectivity index is 2.08. The van der Waals surface area contributed by atoms with Crippen LogP contribution in [-0.2, 0) is 11.2 Å². The molecule has 5 heteroatoms. The minimum atomic E-state index is -0.522. The second kappa shape index (κ2) is 6.63. The molecule has 0 saturated heterocycles. The first-order valence-corrected chi connectivity index (χ1v) is 7.10. The highest BCUT2D eigenvalue weighted by atomic mass is 16.5. The van der Waals surface area contributed by atoms with E-state index in [-0.39, 0.29) is 24.8 Å². The molecule has 0 spiro atoms. The van der Waals surface area contributed by atoms with Gasteiger partial charge >= 0.3 is 0 Å². The monoisotopic (exact) mass is 290 g/mol. The number of benzene rings is 1. The Morgan fingerprint density at radius 1 is 1.43 bits per heavy atom. The highest BCUT2D eigenvalue weighted by Gasteiger charge is 2.14. The molecule has 1 aromatic carbocycles. The number of aromatic amines is 1. The molecule has 0 fully saturated rings. The van der Waals surface area contributed by atoms with Crippen molar-refractivity contribution in [2.45, 2.75) is 26.4 Å². The molecule has 2 aromatic rings. The minimum absolute atomic E-state index is 0.110. The van der Waals surface area contributed by atoms with E-state index in [9.17, 15) is 9.90 Å². The summed E-state index contributed by atoms with van der Waals surface area (Å²) in [7, 11) is 1.62. The number of H-pyrrole nitrogens is 1. The van der Waals surface area contributed by atoms with Gasteiger partial charge in [0.05, 0.1) is 19.6 Å². The molecular formula is C16H22N2O3. The molecule has 0 saturated carbocycles. The van der Waals surface area contributed by atoms with Gasteiger partial charge in [-0.2, -0.15) is 0 Å². The summed E-state index contributed by atoms with van der Waals surface area (Å²) in [5.41, 5.74) is 1.83. The summed E-state index contributed by atoms with van der Waals surface area (Å²) in [5, 5.41) is 13.4. The largest absolute Gasteiger partial charge is 0.496 e. The Kier molecular flexibility index (Phi) is 4.85. The summed E-state index contributed by atoms with van der Waals surface area (Å²) in [6.45, 7) is 4.11. The minimum Gasteiger partial charge on any atom is -0.496 e. The van der Waals surface area contributed by atoms with Crippen LogP contribution in [0.1, 0.15) is 19.4 Å². The van der Waals surface area contributed by atoms with Crippen LogP contribution in [0.3, 0.4) is 0 Å². The zero-order valence-electron chi connectivity index (χ0n) is 12.6. The Hall–Kier alpha value is -2.01. The summed E-state index contributed by atoms with van der Waals surface area (Å²) >= 11 is 0. The predicted molar refractivity (Wildman–Crippen MR) is 82.4 cm³/mol. The van der Waals surface area contributed by atoms with Crippen molar-refractivity contribution >= 4 is 16.8 Å².